The number of benzene rings is 1. The summed E-state index contributed by atoms with van der Waals surface area (Å²) in [6.07, 6.45) is 4.36. The lowest BCUT2D eigenvalue weighted by Crippen LogP contribution is -2.30. The standard InChI is InChI=1S/C18H25N3O3.ClH/c1-24-16-8-7-13(10-15(16)21-9-3-6-17(21)22)20-18(23)14-5-2-4-12(14)11-19;/h7-8,10,12,14H,2-6,9,11,19H2,1H3,(H,20,23);1H/t12-,14-;/m1./s1. The van der Waals surface area contributed by atoms with Gasteiger partial charge in [-0.25, -0.2) is 0 Å². The Labute approximate surface area is 154 Å². The predicted molar refractivity (Wildman–Crippen MR) is 100 cm³/mol. The van der Waals surface area contributed by atoms with Crippen LogP contribution in [0.15, 0.2) is 18.2 Å². The van der Waals surface area contributed by atoms with E-state index in [1.807, 2.05) is 12.1 Å². The second kappa shape index (κ2) is 8.54. The molecule has 0 bridgehead atoms. The van der Waals surface area contributed by atoms with Crippen LogP contribution in [0.2, 0.25) is 0 Å². The van der Waals surface area contributed by atoms with Gasteiger partial charge < -0.3 is 20.7 Å². The number of methoxy groups -OCH3 is 1. The predicted octanol–water partition coefficient (Wildman–Crippen LogP) is 2.56. The quantitative estimate of drug-likeness (QED) is 0.837. The van der Waals surface area contributed by atoms with E-state index in [-0.39, 0.29) is 36.1 Å². The SMILES string of the molecule is COc1ccc(NC(=O)[C@@H]2CCC[C@@H]2CN)cc1N1CCCC1=O.Cl. The fourth-order valence-corrected chi connectivity index (χ4v) is 3.78. The van der Waals surface area contributed by atoms with Gasteiger partial charge in [0.15, 0.2) is 0 Å². The van der Waals surface area contributed by atoms with Gasteiger partial charge in [0.05, 0.1) is 12.8 Å². The van der Waals surface area contributed by atoms with Gasteiger partial charge >= 0.3 is 0 Å². The minimum atomic E-state index is -0.0195. The lowest BCUT2D eigenvalue weighted by atomic mass is 9.95. The first-order chi connectivity index (χ1) is 11.6. The molecule has 0 spiro atoms. The first-order valence-electron chi connectivity index (χ1n) is 8.63. The normalized spacial score (nSPS) is 22.6. The van der Waals surface area contributed by atoms with Crippen molar-refractivity contribution in [3.63, 3.8) is 0 Å². The molecule has 3 rings (SSSR count). The van der Waals surface area contributed by atoms with E-state index in [1.54, 1.807) is 18.1 Å². The molecule has 6 nitrogen and oxygen atoms in total. The molecule has 0 radical (unpaired) electrons. The highest BCUT2D eigenvalue weighted by atomic mass is 35.5. The van der Waals surface area contributed by atoms with Crippen LogP contribution in [0.3, 0.4) is 0 Å². The molecule has 3 N–H and O–H groups in total. The number of nitrogens with zero attached hydrogens (tertiary/aromatic N) is 1. The van der Waals surface area contributed by atoms with Gasteiger partial charge in [0.1, 0.15) is 5.75 Å². The second-order valence-corrected chi connectivity index (χ2v) is 6.56. The highest BCUT2D eigenvalue weighted by Gasteiger charge is 2.32. The minimum Gasteiger partial charge on any atom is -0.495 e. The van der Waals surface area contributed by atoms with Crippen LogP contribution in [0, 0.1) is 11.8 Å². The fourth-order valence-electron chi connectivity index (χ4n) is 3.78. The molecular weight excluding hydrogens is 342 g/mol. The lowest BCUT2D eigenvalue weighted by molar-refractivity contribution is -0.120. The van der Waals surface area contributed by atoms with Crippen molar-refractivity contribution in [3.05, 3.63) is 18.2 Å². The molecule has 0 aromatic heterocycles. The molecule has 1 aliphatic carbocycles. The van der Waals surface area contributed by atoms with Gasteiger partial charge in [0.2, 0.25) is 11.8 Å². The van der Waals surface area contributed by atoms with Crippen molar-refractivity contribution in [2.24, 2.45) is 17.6 Å². The number of rotatable bonds is 5. The van der Waals surface area contributed by atoms with Crippen LogP contribution < -0.4 is 20.7 Å². The Morgan fingerprint density at radius 1 is 1.36 bits per heavy atom. The number of nitrogens with one attached hydrogen (secondary N) is 1. The third-order valence-corrected chi connectivity index (χ3v) is 5.11. The van der Waals surface area contributed by atoms with E-state index in [0.717, 1.165) is 31.4 Å². The number of anilines is 2. The van der Waals surface area contributed by atoms with Crippen LogP contribution in [0.5, 0.6) is 5.75 Å². The van der Waals surface area contributed by atoms with Crippen molar-refractivity contribution in [2.75, 3.05) is 30.4 Å². The number of hydrogen-bond donors (Lipinski definition) is 2. The summed E-state index contributed by atoms with van der Waals surface area (Å²) in [6.45, 7) is 1.23. The molecule has 2 aliphatic rings. The Morgan fingerprint density at radius 3 is 2.80 bits per heavy atom. The molecule has 7 heteroatoms. The molecule has 0 unspecified atom stereocenters. The Hall–Kier alpha value is -1.79. The molecule has 138 valence electrons. The molecule has 2 amide bonds. The molecule has 1 aliphatic heterocycles. The van der Waals surface area contributed by atoms with E-state index in [0.29, 0.717) is 30.9 Å². The summed E-state index contributed by atoms with van der Waals surface area (Å²) in [5.41, 5.74) is 7.19. The summed E-state index contributed by atoms with van der Waals surface area (Å²) >= 11 is 0. The highest BCUT2D eigenvalue weighted by molar-refractivity contribution is 5.99. The van der Waals surface area contributed by atoms with Gasteiger partial charge in [-0.1, -0.05) is 6.42 Å². The third-order valence-electron chi connectivity index (χ3n) is 5.11. The zero-order valence-electron chi connectivity index (χ0n) is 14.5. The molecule has 25 heavy (non-hydrogen) atoms. The number of carbonyl (C=O) groups excluding carboxylic acids is 2. The molecule has 1 aromatic carbocycles. The summed E-state index contributed by atoms with van der Waals surface area (Å²) in [7, 11) is 1.59. The Balaban J connectivity index is 0.00000225. The van der Waals surface area contributed by atoms with E-state index < -0.39 is 0 Å². The summed E-state index contributed by atoms with van der Waals surface area (Å²) in [5.74, 6) is 1.00. The van der Waals surface area contributed by atoms with E-state index in [1.165, 1.54) is 0 Å². The number of nitrogens with two attached hydrogens (primary N) is 1. The van der Waals surface area contributed by atoms with Crippen LogP contribution in [0.4, 0.5) is 11.4 Å². The largest absolute Gasteiger partial charge is 0.495 e. The van der Waals surface area contributed by atoms with Crippen molar-refractivity contribution in [1.29, 1.82) is 0 Å². The summed E-state index contributed by atoms with van der Waals surface area (Å²) < 4.78 is 5.38. The lowest BCUT2D eigenvalue weighted by Gasteiger charge is -2.21. The minimum absolute atomic E-state index is 0. The molecule has 1 heterocycles. The van der Waals surface area contributed by atoms with Gasteiger partial charge in [0.25, 0.3) is 0 Å². The molecule has 2 atom stereocenters. The average molecular weight is 368 g/mol. The van der Waals surface area contributed by atoms with Gasteiger partial charge in [-0.2, -0.15) is 0 Å². The van der Waals surface area contributed by atoms with Gasteiger partial charge in [0, 0.05) is 24.6 Å². The number of hydrogen-bond acceptors (Lipinski definition) is 4. The van der Waals surface area contributed by atoms with Gasteiger partial charge in [-0.3, -0.25) is 9.59 Å². The fraction of sp³-hybridized carbons (Fsp3) is 0.556. The smallest absolute Gasteiger partial charge is 0.227 e. The summed E-state index contributed by atoms with van der Waals surface area (Å²) in [6, 6.07) is 5.44. The molecule has 1 saturated carbocycles. The maximum Gasteiger partial charge on any atom is 0.227 e. The average Bonchev–Trinajstić information content (AvgIpc) is 3.23. The van der Waals surface area contributed by atoms with Gasteiger partial charge in [-0.15, -0.1) is 12.4 Å². The number of amides is 2. The maximum absolute atomic E-state index is 12.6. The van der Waals surface area contributed by atoms with Crippen LogP contribution in [0.25, 0.3) is 0 Å². The molecule has 1 aromatic rings. The van der Waals surface area contributed by atoms with E-state index in [2.05, 4.69) is 5.32 Å². The first kappa shape index (κ1) is 19.5. The Kier molecular flexibility index (Phi) is 6.67. The summed E-state index contributed by atoms with van der Waals surface area (Å²) in [4.78, 5) is 26.3. The zero-order chi connectivity index (χ0) is 17.1. The van der Waals surface area contributed by atoms with Crippen LogP contribution in [-0.2, 0) is 9.59 Å². The third kappa shape index (κ3) is 4.07. The Bertz CT molecular complexity index is 638. The molecule has 1 saturated heterocycles. The van der Waals surface area contributed by atoms with Crippen LogP contribution >= 0.6 is 12.4 Å². The summed E-state index contributed by atoms with van der Waals surface area (Å²) in [5, 5.41) is 2.99. The molecule has 2 fully saturated rings. The van der Waals surface area contributed by atoms with E-state index in [4.69, 9.17) is 10.5 Å². The monoisotopic (exact) mass is 367 g/mol. The van der Waals surface area contributed by atoms with Crippen molar-refractivity contribution >= 4 is 35.6 Å². The zero-order valence-corrected chi connectivity index (χ0v) is 15.3. The van der Waals surface area contributed by atoms with Crippen LogP contribution in [0.1, 0.15) is 32.1 Å². The van der Waals surface area contributed by atoms with Crippen molar-refractivity contribution in [3.8, 4) is 5.75 Å². The topological polar surface area (TPSA) is 84.7 Å². The highest BCUT2D eigenvalue weighted by Crippen LogP contribution is 2.35. The number of halogens is 1. The second-order valence-electron chi connectivity index (χ2n) is 6.56. The number of carbonyl (C=O) groups is 2. The van der Waals surface area contributed by atoms with Gasteiger partial charge in [-0.05, 0) is 49.9 Å². The van der Waals surface area contributed by atoms with E-state index in [9.17, 15) is 9.59 Å². The number of ether oxygens (including phenoxy) is 1. The molecular formula is C18H26ClN3O3. The Morgan fingerprint density at radius 2 is 2.16 bits per heavy atom. The van der Waals surface area contributed by atoms with Crippen molar-refractivity contribution < 1.29 is 14.3 Å². The first-order valence-corrected chi connectivity index (χ1v) is 8.63. The maximum atomic E-state index is 12.6. The van der Waals surface area contributed by atoms with E-state index >= 15 is 0 Å². The van der Waals surface area contributed by atoms with Crippen molar-refractivity contribution in [1.82, 2.24) is 0 Å². The van der Waals surface area contributed by atoms with Crippen LogP contribution in [-0.4, -0.2) is 32.0 Å². The van der Waals surface area contributed by atoms with Crippen molar-refractivity contribution in [2.45, 2.75) is 32.1 Å².